The van der Waals surface area contributed by atoms with Gasteiger partial charge in [-0.25, -0.2) is 14.4 Å². The van der Waals surface area contributed by atoms with E-state index in [1.165, 1.54) is 17.4 Å². The first-order chi connectivity index (χ1) is 19.9. The quantitative estimate of drug-likeness (QED) is 0.271. The van der Waals surface area contributed by atoms with E-state index in [0.717, 1.165) is 42.3 Å². The van der Waals surface area contributed by atoms with Gasteiger partial charge in [0.2, 0.25) is 5.95 Å². The summed E-state index contributed by atoms with van der Waals surface area (Å²) in [6.45, 7) is 5.15. The molecule has 1 aliphatic heterocycles. The summed E-state index contributed by atoms with van der Waals surface area (Å²) in [6.07, 6.45) is 3.27. The molecule has 5 aromatic rings. The average Bonchev–Trinajstić information content (AvgIpc) is 3.40. The number of hydrogen-bond donors (Lipinski definition) is 2. The van der Waals surface area contributed by atoms with Crippen molar-refractivity contribution in [3.05, 3.63) is 87.7 Å². The summed E-state index contributed by atoms with van der Waals surface area (Å²) in [6, 6.07) is 14.1. The van der Waals surface area contributed by atoms with Crippen molar-refractivity contribution in [1.82, 2.24) is 24.8 Å². The number of hydrogen-bond acceptors (Lipinski definition) is 9. The maximum Gasteiger partial charge on any atom is 0.261 e. The van der Waals surface area contributed by atoms with Crippen LogP contribution >= 0.6 is 11.3 Å². The zero-order valence-electron chi connectivity index (χ0n) is 22.6. The Labute approximate surface area is 243 Å². The third kappa shape index (κ3) is 5.55. The van der Waals surface area contributed by atoms with E-state index >= 15 is 4.39 Å². The number of rotatable bonds is 7. The molecule has 41 heavy (non-hydrogen) atoms. The Bertz CT molecular complexity index is 1780. The van der Waals surface area contributed by atoms with Gasteiger partial charge >= 0.3 is 0 Å². The molecular weight excluding hydrogens is 561 g/mol. The van der Waals surface area contributed by atoms with Crippen molar-refractivity contribution in [2.24, 2.45) is 0 Å². The largest absolute Gasteiger partial charge is 0.612 e. The lowest BCUT2D eigenvalue weighted by atomic mass is 10.1. The standard InChI is InChI=1S/C29H28FN7O2S2/c1-18-26(40-17-33-18)22-13-20-15-32-29(34-21-7-8-24(23(30)14-21)36-11-9-31-10-12-36)35-27(20)37(28(22)38)16-19-5-3-4-6-25(19)41(2)39/h3-8,13-15,17,31H,9-12,16H2,1-2H3,(H,32,34,35). The number of nitrogens with zero attached hydrogens (tertiary/aromatic N) is 5. The Balaban J connectivity index is 1.42. The fourth-order valence-electron chi connectivity index (χ4n) is 5.05. The molecule has 1 fully saturated rings. The molecule has 0 radical (unpaired) electrons. The molecule has 0 aliphatic carbocycles. The molecule has 2 N–H and O–H groups in total. The van der Waals surface area contributed by atoms with Gasteiger partial charge in [0.05, 0.1) is 33.9 Å². The number of aromatic nitrogens is 4. The SMILES string of the molecule is Cc1ncsc1-c1cc2cnc(Nc3ccc(N4CCNCC4)c(F)c3)nc2n(Cc2ccccc2[S+](C)[O-])c1=O. The van der Waals surface area contributed by atoms with Gasteiger partial charge in [-0.3, -0.25) is 9.36 Å². The summed E-state index contributed by atoms with van der Waals surface area (Å²) >= 11 is 0.156. The van der Waals surface area contributed by atoms with E-state index in [4.69, 9.17) is 4.98 Å². The fraction of sp³-hybridized carbons (Fsp3) is 0.241. The van der Waals surface area contributed by atoms with Gasteiger partial charge in [-0.05, 0) is 48.4 Å². The van der Waals surface area contributed by atoms with Crippen LogP contribution in [0.2, 0.25) is 0 Å². The first-order valence-corrected chi connectivity index (χ1v) is 15.6. The van der Waals surface area contributed by atoms with Gasteiger partial charge in [0.15, 0.2) is 4.90 Å². The molecule has 1 saturated heterocycles. The van der Waals surface area contributed by atoms with Crippen LogP contribution in [0, 0.1) is 12.7 Å². The molecule has 1 atom stereocenters. The van der Waals surface area contributed by atoms with Gasteiger partial charge in [0, 0.05) is 49.0 Å². The van der Waals surface area contributed by atoms with Crippen LogP contribution in [0.5, 0.6) is 0 Å². The van der Waals surface area contributed by atoms with Gasteiger partial charge < -0.3 is 20.1 Å². The van der Waals surface area contributed by atoms with Gasteiger partial charge in [0.25, 0.3) is 5.56 Å². The van der Waals surface area contributed by atoms with E-state index in [9.17, 15) is 9.35 Å². The first-order valence-electron chi connectivity index (χ1n) is 13.1. The van der Waals surface area contributed by atoms with Crippen molar-refractivity contribution in [3.63, 3.8) is 0 Å². The van der Waals surface area contributed by atoms with Crippen molar-refractivity contribution in [3.8, 4) is 10.4 Å². The highest BCUT2D eigenvalue weighted by Gasteiger charge is 2.20. The molecule has 0 amide bonds. The second-order valence-corrected chi connectivity index (χ2v) is 12.0. The fourth-order valence-corrected chi connectivity index (χ4v) is 6.63. The van der Waals surface area contributed by atoms with Crippen LogP contribution in [0.15, 0.2) is 69.9 Å². The zero-order chi connectivity index (χ0) is 28.5. The van der Waals surface area contributed by atoms with Gasteiger partial charge in [-0.1, -0.05) is 18.2 Å². The topological polar surface area (TPSA) is 111 Å². The predicted octanol–water partition coefficient (Wildman–Crippen LogP) is 4.30. The van der Waals surface area contributed by atoms with Crippen LogP contribution in [-0.2, 0) is 17.7 Å². The Hall–Kier alpha value is -3.84. The third-order valence-corrected chi connectivity index (χ3v) is 9.07. The van der Waals surface area contributed by atoms with E-state index in [1.54, 1.807) is 46.8 Å². The molecule has 2 aromatic carbocycles. The normalized spacial score (nSPS) is 14.4. The van der Waals surface area contributed by atoms with Gasteiger partial charge in [0.1, 0.15) is 17.7 Å². The van der Waals surface area contributed by atoms with E-state index in [-0.39, 0.29) is 23.9 Å². The second-order valence-electron chi connectivity index (χ2n) is 9.78. The van der Waals surface area contributed by atoms with E-state index in [2.05, 4.69) is 20.6 Å². The Morgan fingerprint density at radius 3 is 2.68 bits per heavy atom. The van der Waals surface area contributed by atoms with Crippen molar-refractivity contribution in [1.29, 1.82) is 0 Å². The lowest BCUT2D eigenvalue weighted by molar-refractivity contribution is 0.566. The molecular formula is C29H28FN7O2S2. The number of piperazine rings is 1. The van der Waals surface area contributed by atoms with Gasteiger partial charge in [-0.15, -0.1) is 11.3 Å². The number of thiazole rings is 1. The van der Waals surface area contributed by atoms with Crippen molar-refractivity contribution >= 4 is 50.9 Å². The Morgan fingerprint density at radius 2 is 1.95 bits per heavy atom. The molecule has 0 spiro atoms. The minimum atomic E-state index is -1.24. The number of anilines is 3. The summed E-state index contributed by atoms with van der Waals surface area (Å²) in [5.74, 6) is -0.0996. The number of halogens is 1. The summed E-state index contributed by atoms with van der Waals surface area (Å²) in [7, 11) is 0. The molecule has 1 unspecified atom stereocenters. The van der Waals surface area contributed by atoms with Crippen molar-refractivity contribution in [2.75, 3.05) is 42.7 Å². The summed E-state index contributed by atoms with van der Waals surface area (Å²) < 4.78 is 29.1. The highest BCUT2D eigenvalue weighted by molar-refractivity contribution is 7.90. The summed E-state index contributed by atoms with van der Waals surface area (Å²) in [5, 5.41) is 7.03. The first kappa shape index (κ1) is 27.3. The Morgan fingerprint density at radius 1 is 1.15 bits per heavy atom. The smallest absolute Gasteiger partial charge is 0.261 e. The molecule has 0 saturated carbocycles. The van der Waals surface area contributed by atoms with Crippen LogP contribution in [0.4, 0.5) is 21.7 Å². The van der Waals surface area contributed by atoms with Crippen LogP contribution in [0.25, 0.3) is 21.5 Å². The Kier molecular flexibility index (Phi) is 7.71. The van der Waals surface area contributed by atoms with Crippen LogP contribution < -0.4 is 21.1 Å². The molecule has 0 bridgehead atoms. The van der Waals surface area contributed by atoms with Crippen molar-refractivity contribution in [2.45, 2.75) is 18.4 Å². The molecule has 9 nitrogen and oxygen atoms in total. The minimum Gasteiger partial charge on any atom is -0.612 e. The van der Waals surface area contributed by atoms with E-state index in [0.29, 0.717) is 32.9 Å². The summed E-state index contributed by atoms with van der Waals surface area (Å²) in [5.41, 5.74) is 4.96. The maximum absolute atomic E-state index is 15.0. The molecule has 210 valence electrons. The van der Waals surface area contributed by atoms with Crippen molar-refractivity contribution < 1.29 is 8.94 Å². The monoisotopic (exact) mass is 589 g/mol. The zero-order valence-corrected chi connectivity index (χ0v) is 24.2. The van der Waals surface area contributed by atoms with E-state index in [1.807, 2.05) is 30.0 Å². The molecule has 3 aromatic heterocycles. The number of fused-ring (bicyclic) bond motifs is 1. The number of benzene rings is 2. The molecule has 12 heteroatoms. The second kappa shape index (κ2) is 11.6. The number of pyridine rings is 1. The predicted molar refractivity (Wildman–Crippen MR) is 162 cm³/mol. The lowest BCUT2D eigenvalue weighted by Gasteiger charge is -2.29. The summed E-state index contributed by atoms with van der Waals surface area (Å²) in [4.78, 5) is 30.9. The van der Waals surface area contributed by atoms with Gasteiger partial charge in [-0.2, -0.15) is 4.98 Å². The highest BCUT2D eigenvalue weighted by Crippen LogP contribution is 2.29. The number of nitrogens with one attached hydrogen (secondary N) is 2. The lowest BCUT2D eigenvalue weighted by Crippen LogP contribution is -2.43. The third-order valence-electron chi connectivity index (χ3n) is 7.09. The number of aryl methyl sites for hydroxylation is 1. The van der Waals surface area contributed by atoms with Crippen LogP contribution in [-0.4, -0.2) is 56.5 Å². The maximum atomic E-state index is 15.0. The van der Waals surface area contributed by atoms with Crippen LogP contribution in [0.3, 0.4) is 0 Å². The molecule has 6 rings (SSSR count). The average molecular weight is 590 g/mol. The highest BCUT2D eigenvalue weighted by atomic mass is 32.2. The van der Waals surface area contributed by atoms with Crippen LogP contribution in [0.1, 0.15) is 11.3 Å². The minimum absolute atomic E-state index is 0.168. The molecule has 1 aliphatic rings. The molecule has 4 heterocycles. The van der Waals surface area contributed by atoms with E-state index < -0.39 is 11.2 Å².